The molecule has 5 heteroatoms. The van der Waals surface area contributed by atoms with E-state index in [1.807, 2.05) is 0 Å². The van der Waals surface area contributed by atoms with Crippen molar-refractivity contribution in [2.24, 2.45) is 0 Å². The summed E-state index contributed by atoms with van der Waals surface area (Å²) in [7, 11) is 0. The van der Waals surface area contributed by atoms with E-state index in [1.165, 1.54) is 12.8 Å². The number of halogens is 2. The third-order valence-corrected chi connectivity index (χ3v) is 3.12. The molecule has 0 radical (unpaired) electrons. The molecule has 0 heterocycles. The second-order valence-corrected chi connectivity index (χ2v) is 6.49. The van der Waals surface area contributed by atoms with Crippen molar-refractivity contribution in [3.8, 4) is 0 Å². The second-order valence-electron chi connectivity index (χ2n) is 3.11. The van der Waals surface area contributed by atoms with Crippen molar-refractivity contribution in [2.45, 2.75) is 39.5 Å². The summed E-state index contributed by atoms with van der Waals surface area (Å²) in [5.41, 5.74) is 0. The molecule has 0 aromatic carbocycles. The first-order valence-electron chi connectivity index (χ1n) is 4.99. The highest BCUT2D eigenvalue weighted by molar-refractivity contribution is 9.16. The Balaban J connectivity index is 3.76. The van der Waals surface area contributed by atoms with Crippen molar-refractivity contribution in [2.75, 3.05) is 13.2 Å². The van der Waals surface area contributed by atoms with Crippen LogP contribution in [0.5, 0.6) is 0 Å². The number of carbonyl (C=O) groups excluding carboxylic acids is 1. The Bertz CT molecular complexity index is 174. The van der Waals surface area contributed by atoms with Gasteiger partial charge >= 0.3 is 6.09 Å². The van der Waals surface area contributed by atoms with Crippen LogP contribution in [0.2, 0.25) is 0 Å². The first-order chi connectivity index (χ1) is 6.54. The van der Waals surface area contributed by atoms with E-state index in [1.54, 1.807) is 6.92 Å². The van der Waals surface area contributed by atoms with Crippen LogP contribution in [0, 0.1) is 0 Å². The molecule has 14 heavy (non-hydrogen) atoms. The van der Waals surface area contributed by atoms with E-state index in [2.05, 4.69) is 39.2 Å². The van der Waals surface area contributed by atoms with Crippen molar-refractivity contribution in [3.63, 3.8) is 0 Å². The molecule has 0 aliphatic rings. The van der Waals surface area contributed by atoms with Gasteiger partial charge in [-0.15, -0.1) is 0 Å². The third-order valence-electron chi connectivity index (χ3n) is 1.83. The van der Waals surface area contributed by atoms with Crippen molar-refractivity contribution in [1.29, 1.82) is 0 Å². The normalized spacial score (nSPS) is 11.4. The molecular formula is C9H18Br2NO2+. The van der Waals surface area contributed by atoms with Crippen LogP contribution in [0.15, 0.2) is 0 Å². The van der Waals surface area contributed by atoms with Gasteiger partial charge in [-0.25, -0.2) is 0 Å². The number of carbonyl (C=O) groups is 1. The van der Waals surface area contributed by atoms with Gasteiger partial charge in [0.15, 0.2) is 0 Å². The summed E-state index contributed by atoms with van der Waals surface area (Å²) >= 11 is 6.56. The number of nitrogens with zero attached hydrogens (tertiary/aromatic N) is 1. The molecule has 84 valence electrons. The molecule has 3 nitrogen and oxygen atoms in total. The zero-order chi connectivity index (χ0) is 11.0. The standard InChI is InChI=1S/C9H18Br2NO2/c1-3-5-6-7-8-12(10,11)9(13)14-4-2/h3-8H2,1-2H3/q+1. The number of ether oxygens (including phenoxy) is 1. The molecular weight excluding hydrogens is 314 g/mol. The maximum atomic E-state index is 11.4. The quantitative estimate of drug-likeness (QED) is 0.539. The molecule has 0 spiro atoms. The van der Waals surface area contributed by atoms with Crippen LogP contribution in [0.1, 0.15) is 39.5 Å². The van der Waals surface area contributed by atoms with E-state index >= 15 is 0 Å². The number of hydrogen-bond acceptors (Lipinski definition) is 2. The number of rotatable bonds is 6. The van der Waals surface area contributed by atoms with Gasteiger partial charge in [0.05, 0.1) is 6.61 Å². The largest absolute Gasteiger partial charge is 0.537 e. The van der Waals surface area contributed by atoms with Crippen LogP contribution in [-0.2, 0) is 4.74 Å². The van der Waals surface area contributed by atoms with Gasteiger partial charge in [-0.2, -0.15) is 4.79 Å². The van der Waals surface area contributed by atoms with E-state index < -0.39 is 0 Å². The van der Waals surface area contributed by atoms with Crippen LogP contribution in [0.4, 0.5) is 4.79 Å². The number of amides is 1. The molecule has 0 aromatic rings. The van der Waals surface area contributed by atoms with E-state index in [0.29, 0.717) is 13.2 Å². The minimum absolute atomic E-state index is 0.0302. The Labute approximate surface area is 103 Å². The number of unbranched alkanes of at least 4 members (excludes halogenated alkanes) is 3. The predicted molar refractivity (Wildman–Crippen MR) is 64.1 cm³/mol. The first kappa shape index (κ1) is 14.4. The van der Waals surface area contributed by atoms with E-state index in [-0.39, 0.29) is 8.63 Å². The monoisotopic (exact) mass is 330 g/mol. The summed E-state index contributed by atoms with van der Waals surface area (Å²) in [5, 5.41) is 0. The van der Waals surface area contributed by atoms with E-state index in [9.17, 15) is 4.79 Å². The Morgan fingerprint density at radius 3 is 2.36 bits per heavy atom. The van der Waals surface area contributed by atoms with Crippen LogP contribution < -0.4 is 0 Å². The average Bonchev–Trinajstić information content (AvgIpc) is 2.13. The second kappa shape index (κ2) is 7.65. The maximum Gasteiger partial charge on any atom is 0.537 e. The topological polar surface area (TPSA) is 26.3 Å². The summed E-state index contributed by atoms with van der Waals surface area (Å²) in [6, 6.07) is 0. The molecule has 0 aliphatic heterocycles. The summed E-state index contributed by atoms with van der Waals surface area (Å²) in [5.74, 6) is 0. The fraction of sp³-hybridized carbons (Fsp3) is 0.889. The molecule has 0 unspecified atom stereocenters. The van der Waals surface area contributed by atoms with Crippen molar-refractivity contribution in [1.82, 2.24) is 0 Å². The lowest BCUT2D eigenvalue weighted by Gasteiger charge is -2.16. The van der Waals surface area contributed by atoms with Gasteiger partial charge in [-0.3, -0.25) is 0 Å². The zero-order valence-corrected chi connectivity index (χ0v) is 11.9. The number of quaternary nitrogens is 1. The van der Waals surface area contributed by atoms with Gasteiger partial charge in [0.1, 0.15) is 6.54 Å². The molecule has 0 N–H and O–H groups in total. The minimum atomic E-state index is -0.288. The van der Waals surface area contributed by atoms with Gasteiger partial charge in [-0.05, 0) is 19.8 Å². The van der Waals surface area contributed by atoms with E-state index in [4.69, 9.17) is 4.74 Å². The molecule has 1 amide bonds. The summed E-state index contributed by atoms with van der Waals surface area (Å²) < 4.78 is 4.87. The minimum Gasteiger partial charge on any atom is -0.419 e. The van der Waals surface area contributed by atoms with Gasteiger partial charge in [0.25, 0.3) is 32.3 Å². The molecule has 0 aliphatic carbocycles. The number of hydrogen-bond donors (Lipinski definition) is 0. The molecule has 0 fully saturated rings. The summed E-state index contributed by atoms with van der Waals surface area (Å²) in [6.07, 6.45) is 4.27. The Morgan fingerprint density at radius 2 is 1.86 bits per heavy atom. The average molecular weight is 332 g/mol. The Kier molecular flexibility index (Phi) is 7.86. The smallest absolute Gasteiger partial charge is 0.419 e. The van der Waals surface area contributed by atoms with Gasteiger partial charge in [0.2, 0.25) is 0 Å². The highest BCUT2D eigenvalue weighted by Crippen LogP contribution is 2.26. The van der Waals surface area contributed by atoms with Crippen LogP contribution in [-0.4, -0.2) is 21.8 Å². The Morgan fingerprint density at radius 1 is 1.21 bits per heavy atom. The van der Waals surface area contributed by atoms with Gasteiger partial charge < -0.3 is 4.74 Å². The molecule has 0 atom stereocenters. The lowest BCUT2D eigenvalue weighted by Crippen LogP contribution is -2.34. The van der Waals surface area contributed by atoms with Crippen LogP contribution in [0.3, 0.4) is 0 Å². The van der Waals surface area contributed by atoms with Crippen LogP contribution in [0.25, 0.3) is 0 Å². The first-order valence-corrected chi connectivity index (χ1v) is 6.41. The highest BCUT2D eigenvalue weighted by atomic mass is 79.9. The van der Waals surface area contributed by atoms with Crippen molar-refractivity contribution in [3.05, 3.63) is 0 Å². The lowest BCUT2D eigenvalue weighted by atomic mass is 10.2. The molecule has 0 saturated carbocycles. The molecule has 0 saturated heterocycles. The van der Waals surface area contributed by atoms with Crippen molar-refractivity contribution >= 4 is 38.4 Å². The van der Waals surface area contributed by atoms with Crippen molar-refractivity contribution < 1.29 is 12.1 Å². The third kappa shape index (κ3) is 5.98. The fourth-order valence-corrected chi connectivity index (χ4v) is 1.75. The van der Waals surface area contributed by atoms with Gasteiger partial charge in [-0.1, -0.05) is 22.3 Å². The SMILES string of the molecule is CCCCCC[N+](Br)(Br)C(=O)OCC. The lowest BCUT2D eigenvalue weighted by molar-refractivity contribution is -0.531. The molecule has 0 rings (SSSR count). The maximum absolute atomic E-state index is 11.4. The van der Waals surface area contributed by atoms with Gasteiger partial charge in [0, 0.05) is 0 Å². The Hall–Kier alpha value is 0.390. The predicted octanol–water partition coefficient (Wildman–Crippen LogP) is 4.16. The summed E-state index contributed by atoms with van der Waals surface area (Å²) in [6.45, 7) is 5.08. The summed E-state index contributed by atoms with van der Waals surface area (Å²) in [4.78, 5) is 11.4. The van der Waals surface area contributed by atoms with E-state index in [0.717, 1.165) is 12.8 Å². The molecule has 0 aromatic heterocycles. The fourth-order valence-electron chi connectivity index (χ4n) is 1.05. The molecule has 0 bridgehead atoms. The highest BCUT2D eigenvalue weighted by Gasteiger charge is 2.34. The van der Waals surface area contributed by atoms with Crippen LogP contribution >= 0.6 is 32.3 Å². The zero-order valence-electron chi connectivity index (χ0n) is 8.76.